The van der Waals surface area contributed by atoms with Gasteiger partial charge in [0.05, 0.1) is 22.8 Å². The van der Waals surface area contributed by atoms with Crippen molar-refractivity contribution in [2.75, 3.05) is 6.61 Å². The van der Waals surface area contributed by atoms with Crippen LogP contribution < -0.4 is 10.3 Å². The molecule has 0 amide bonds. The topological polar surface area (TPSA) is 128 Å². The van der Waals surface area contributed by atoms with Crippen LogP contribution in [0.15, 0.2) is 70.0 Å². The largest absolute Gasteiger partial charge is 0.460 e. The summed E-state index contributed by atoms with van der Waals surface area (Å²) in [5.74, 6) is -0.493. The highest BCUT2D eigenvalue weighted by molar-refractivity contribution is 7.85. The van der Waals surface area contributed by atoms with E-state index in [0.29, 0.717) is 17.1 Å². The van der Waals surface area contributed by atoms with E-state index in [1.54, 1.807) is 44.2 Å². The van der Waals surface area contributed by atoms with Gasteiger partial charge in [-0.05, 0) is 50.2 Å². The molecule has 2 aromatic carbocycles. The van der Waals surface area contributed by atoms with Crippen LogP contribution in [-0.4, -0.2) is 35.3 Å². The number of hydrogen-bond acceptors (Lipinski definition) is 6. The number of nitrogens with one attached hydrogen (secondary N) is 1. The number of carbonyl (C=O) groups excluding carboxylic acids is 1. The van der Waals surface area contributed by atoms with Gasteiger partial charge >= 0.3 is 5.97 Å². The van der Waals surface area contributed by atoms with E-state index in [1.807, 2.05) is 0 Å². The highest BCUT2D eigenvalue weighted by Gasteiger charge is 2.18. The number of esters is 1. The van der Waals surface area contributed by atoms with Crippen molar-refractivity contribution in [1.29, 1.82) is 0 Å². The van der Waals surface area contributed by atoms with Gasteiger partial charge in [-0.15, -0.1) is 0 Å². The molecule has 3 rings (SSSR count). The Kier molecular flexibility index (Phi) is 6.42. The highest BCUT2D eigenvalue weighted by atomic mass is 32.2. The van der Waals surface area contributed by atoms with Crippen molar-refractivity contribution in [2.24, 2.45) is 0 Å². The number of aromatic nitrogens is 2. The van der Waals surface area contributed by atoms with E-state index in [1.165, 1.54) is 35.0 Å². The van der Waals surface area contributed by atoms with Crippen LogP contribution in [0.25, 0.3) is 11.8 Å². The Morgan fingerprint density at radius 1 is 1.13 bits per heavy atom. The molecule has 3 aromatic rings. The molecule has 0 saturated heterocycles. The number of H-pyrrole nitrogens is 1. The Bertz CT molecular complexity index is 1270. The fraction of sp³-hybridized carbons (Fsp3) is 0.143. The molecule has 0 unspecified atom stereocenters. The van der Waals surface area contributed by atoms with E-state index in [9.17, 15) is 18.0 Å². The van der Waals surface area contributed by atoms with Crippen LogP contribution in [0.4, 0.5) is 0 Å². The summed E-state index contributed by atoms with van der Waals surface area (Å²) in [5, 5.41) is 2.87. The van der Waals surface area contributed by atoms with Gasteiger partial charge in [-0.3, -0.25) is 14.4 Å². The quantitative estimate of drug-likeness (QED) is 0.248. The number of aromatic amines is 1. The van der Waals surface area contributed by atoms with E-state index in [2.05, 4.69) is 5.10 Å². The lowest BCUT2D eigenvalue weighted by atomic mass is 10.2. The highest BCUT2D eigenvalue weighted by Crippen LogP contribution is 2.18. The van der Waals surface area contributed by atoms with Gasteiger partial charge in [0.2, 0.25) is 5.76 Å². The zero-order valence-electron chi connectivity index (χ0n) is 16.7. The molecule has 10 heteroatoms. The van der Waals surface area contributed by atoms with Crippen LogP contribution in [-0.2, 0) is 19.6 Å². The van der Waals surface area contributed by atoms with Crippen molar-refractivity contribution < 1.29 is 27.2 Å². The number of para-hydroxylation sites is 1. The maximum Gasteiger partial charge on any atom is 0.374 e. The maximum atomic E-state index is 13.0. The van der Waals surface area contributed by atoms with Gasteiger partial charge in [-0.25, -0.2) is 9.48 Å². The molecule has 0 aliphatic rings. The molecule has 2 N–H and O–H groups in total. The molecule has 1 heterocycles. The Labute approximate surface area is 178 Å². The minimum atomic E-state index is -4.35. The first-order valence-corrected chi connectivity index (χ1v) is 10.7. The van der Waals surface area contributed by atoms with Gasteiger partial charge in [0, 0.05) is 11.8 Å². The van der Waals surface area contributed by atoms with Crippen LogP contribution >= 0.6 is 0 Å². The molecule has 0 atom stereocenters. The second kappa shape index (κ2) is 9.02. The summed E-state index contributed by atoms with van der Waals surface area (Å²) in [4.78, 5) is 25.0. The van der Waals surface area contributed by atoms with Gasteiger partial charge in [-0.1, -0.05) is 18.2 Å². The van der Waals surface area contributed by atoms with Crippen LogP contribution in [0, 0.1) is 6.92 Å². The molecule has 162 valence electrons. The molecule has 0 aliphatic carbocycles. The van der Waals surface area contributed by atoms with Gasteiger partial charge < -0.3 is 9.47 Å². The maximum absolute atomic E-state index is 13.0. The predicted octanol–water partition coefficient (Wildman–Crippen LogP) is 2.70. The number of carbonyl (C=O) groups is 1. The molecular formula is C21H20N2O7S. The van der Waals surface area contributed by atoms with Gasteiger partial charge in [0.1, 0.15) is 5.75 Å². The Hall–Kier alpha value is -3.63. The fourth-order valence-electron chi connectivity index (χ4n) is 2.76. The zero-order chi connectivity index (χ0) is 22.6. The van der Waals surface area contributed by atoms with Gasteiger partial charge in [0.15, 0.2) is 0 Å². The lowest BCUT2D eigenvalue weighted by molar-refractivity contribution is -0.140. The molecule has 1 aromatic heterocycles. The average molecular weight is 444 g/mol. The minimum absolute atomic E-state index is 0.130. The standard InChI is InChI=1S/C21H20N2O7S/c1-3-29-21(25)19(30-16-7-5-4-6-8-16)13-18-14(2)22-23(20(18)24)15-9-11-17(12-10-15)31(26,27)28/h4-13,22H,3H2,1-2H3,(H,26,27,28). The summed E-state index contributed by atoms with van der Waals surface area (Å²) in [6, 6.07) is 13.7. The minimum Gasteiger partial charge on any atom is -0.460 e. The first kappa shape index (κ1) is 22.1. The predicted molar refractivity (Wildman–Crippen MR) is 113 cm³/mol. The molecule has 0 bridgehead atoms. The van der Waals surface area contributed by atoms with E-state index >= 15 is 0 Å². The summed E-state index contributed by atoms with van der Waals surface area (Å²) < 4.78 is 43.4. The second-order valence-electron chi connectivity index (χ2n) is 6.40. The first-order chi connectivity index (χ1) is 14.7. The third kappa shape index (κ3) is 5.11. The molecule has 9 nitrogen and oxygen atoms in total. The molecular weight excluding hydrogens is 424 g/mol. The fourth-order valence-corrected chi connectivity index (χ4v) is 3.24. The van der Waals surface area contributed by atoms with Crippen molar-refractivity contribution in [1.82, 2.24) is 9.78 Å². The van der Waals surface area contributed by atoms with Gasteiger partial charge in [0.25, 0.3) is 15.7 Å². The Morgan fingerprint density at radius 2 is 1.77 bits per heavy atom. The van der Waals surface area contributed by atoms with Crippen LogP contribution in [0.1, 0.15) is 18.2 Å². The van der Waals surface area contributed by atoms with Crippen LogP contribution in [0.2, 0.25) is 0 Å². The lowest BCUT2D eigenvalue weighted by Gasteiger charge is -2.09. The zero-order valence-corrected chi connectivity index (χ0v) is 17.5. The molecule has 0 spiro atoms. The van der Waals surface area contributed by atoms with E-state index < -0.39 is 21.6 Å². The SMILES string of the molecule is CCOC(=O)C(=Cc1c(C)[nH]n(-c2ccc(S(=O)(=O)O)cc2)c1=O)Oc1ccccc1. The van der Waals surface area contributed by atoms with Crippen molar-refractivity contribution in [2.45, 2.75) is 18.7 Å². The van der Waals surface area contributed by atoms with E-state index in [0.717, 1.165) is 0 Å². The summed E-state index contributed by atoms with van der Waals surface area (Å²) >= 11 is 0. The van der Waals surface area contributed by atoms with Crippen molar-refractivity contribution in [3.8, 4) is 11.4 Å². The smallest absolute Gasteiger partial charge is 0.374 e. The molecule has 0 fully saturated rings. The second-order valence-corrected chi connectivity index (χ2v) is 7.83. The third-order valence-electron chi connectivity index (χ3n) is 4.23. The first-order valence-electron chi connectivity index (χ1n) is 9.22. The number of ether oxygens (including phenoxy) is 2. The molecule has 0 radical (unpaired) electrons. The normalized spacial score (nSPS) is 11.9. The average Bonchev–Trinajstić information content (AvgIpc) is 3.02. The number of hydrogen-bond donors (Lipinski definition) is 2. The Balaban J connectivity index is 2.03. The Morgan fingerprint density at radius 3 is 2.35 bits per heavy atom. The van der Waals surface area contributed by atoms with Crippen LogP contribution in [0.3, 0.4) is 0 Å². The van der Waals surface area contributed by atoms with Crippen molar-refractivity contribution in [3.63, 3.8) is 0 Å². The van der Waals surface area contributed by atoms with E-state index in [4.69, 9.17) is 14.0 Å². The number of aryl methyl sites for hydroxylation is 1. The summed E-state index contributed by atoms with van der Waals surface area (Å²) in [6.45, 7) is 3.43. The monoisotopic (exact) mass is 444 g/mol. The molecule has 0 saturated carbocycles. The number of rotatable bonds is 7. The lowest BCUT2D eigenvalue weighted by Crippen LogP contribution is -2.18. The van der Waals surface area contributed by atoms with Gasteiger partial charge in [-0.2, -0.15) is 8.42 Å². The summed E-state index contributed by atoms with van der Waals surface area (Å²) in [7, 11) is -4.35. The summed E-state index contributed by atoms with van der Waals surface area (Å²) in [6.07, 6.45) is 1.29. The number of benzene rings is 2. The molecule has 0 aliphatic heterocycles. The van der Waals surface area contributed by atoms with Crippen molar-refractivity contribution >= 4 is 22.2 Å². The summed E-state index contributed by atoms with van der Waals surface area (Å²) in [5.41, 5.74) is 0.456. The number of nitrogens with zero attached hydrogens (tertiary/aromatic N) is 1. The molecule has 31 heavy (non-hydrogen) atoms. The van der Waals surface area contributed by atoms with Crippen LogP contribution in [0.5, 0.6) is 5.75 Å². The third-order valence-corrected chi connectivity index (χ3v) is 5.10. The van der Waals surface area contributed by atoms with E-state index in [-0.39, 0.29) is 22.8 Å². The van der Waals surface area contributed by atoms with Crippen molar-refractivity contribution in [3.05, 3.63) is 82.0 Å².